The molecule has 0 spiro atoms. The molecule has 0 aliphatic carbocycles. The smallest absolute Gasteiger partial charge is 0.231 e. The van der Waals surface area contributed by atoms with Crippen molar-refractivity contribution >= 4 is 28.2 Å². The van der Waals surface area contributed by atoms with Crippen LogP contribution in [-0.2, 0) is 4.79 Å². The normalized spacial score (nSPS) is 17.1. The zero-order valence-corrected chi connectivity index (χ0v) is 16.1. The van der Waals surface area contributed by atoms with Gasteiger partial charge < -0.3 is 10.2 Å². The molecular formula is C18H21N7OS. The number of thiazole rings is 1. The van der Waals surface area contributed by atoms with Crippen molar-refractivity contribution in [3.05, 3.63) is 41.4 Å². The van der Waals surface area contributed by atoms with E-state index in [9.17, 15) is 4.79 Å². The van der Waals surface area contributed by atoms with Crippen LogP contribution in [0.1, 0.15) is 24.2 Å². The predicted octanol–water partition coefficient (Wildman–Crippen LogP) is 2.59. The van der Waals surface area contributed by atoms with Gasteiger partial charge in [0.1, 0.15) is 12.1 Å². The van der Waals surface area contributed by atoms with Crippen molar-refractivity contribution in [1.82, 2.24) is 24.7 Å². The molecule has 3 aromatic rings. The van der Waals surface area contributed by atoms with E-state index < -0.39 is 0 Å². The van der Waals surface area contributed by atoms with Gasteiger partial charge in [0.15, 0.2) is 10.9 Å². The number of anilines is 2. The summed E-state index contributed by atoms with van der Waals surface area (Å²) in [6.45, 7) is 5.46. The van der Waals surface area contributed by atoms with Gasteiger partial charge in [0.2, 0.25) is 5.91 Å². The Labute approximate surface area is 161 Å². The average Bonchev–Trinajstić information content (AvgIpc) is 3.31. The highest BCUT2D eigenvalue weighted by Crippen LogP contribution is 2.24. The molecule has 8 nitrogen and oxygen atoms in total. The Kier molecular flexibility index (Phi) is 4.85. The van der Waals surface area contributed by atoms with Gasteiger partial charge in [-0.3, -0.25) is 4.79 Å². The Balaban J connectivity index is 1.50. The standard InChI is InChI=1S/C18H21N7OS/c1-12-8-13(2)25(23-12)16-9-15(20-11-21-16)24-6-3-4-14(10-24)17(26)22-18-19-5-7-27-18/h5,7-9,11,14H,3-4,6,10H2,1-2H3,(H,19,22,26)/t14-/m0/s1. The lowest BCUT2D eigenvalue weighted by atomic mass is 9.97. The molecule has 1 N–H and O–H groups in total. The summed E-state index contributed by atoms with van der Waals surface area (Å²) in [5.41, 5.74) is 1.97. The van der Waals surface area contributed by atoms with E-state index in [4.69, 9.17) is 0 Å². The molecule has 1 atom stereocenters. The highest BCUT2D eigenvalue weighted by molar-refractivity contribution is 7.13. The molecule has 1 aliphatic rings. The first-order chi connectivity index (χ1) is 13.1. The molecular weight excluding hydrogens is 362 g/mol. The first-order valence-corrected chi connectivity index (χ1v) is 9.79. The zero-order chi connectivity index (χ0) is 18.8. The van der Waals surface area contributed by atoms with Gasteiger partial charge in [-0.05, 0) is 32.8 Å². The van der Waals surface area contributed by atoms with Gasteiger partial charge in [-0.15, -0.1) is 11.3 Å². The van der Waals surface area contributed by atoms with Gasteiger partial charge in [0, 0.05) is 36.4 Å². The van der Waals surface area contributed by atoms with E-state index in [2.05, 4.69) is 30.3 Å². The molecule has 27 heavy (non-hydrogen) atoms. The number of carbonyl (C=O) groups excluding carboxylic acids is 1. The largest absolute Gasteiger partial charge is 0.356 e. The van der Waals surface area contributed by atoms with E-state index in [1.54, 1.807) is 12.5 Å². The second-order valence-corrected chi connectivity index (χ2v) is 7.58. The SMILES string of the molecule is Cc1cc(C)n(-c2cc(N3CCC[C@H](C(=O)Nc4nccs4)C3)ncn2)n1. The molecule has 9 heteroatoms. The van der Waals surface area contributed by atoms with Crippen molar-refractivity contribution in [3.63, 3.8) is 0 Å². The first kappa shape index (κ1) is 17.6. The summed E-state index contributed by atoms with van der Waals surface area (Å²) >= 11 is 1.43. The summed E-state index contributed by atoms with van der Waals surface area (Å²) in [6.07, 6.45) is 5.05. The lowest BCUT2D eigenvalue weighted by Gasteiger charge is -2.32. The van der Waals surface area contributed by atoms with Crippen LogP contribution in [0.3, 0.4) is 0 Å². The number of hydrogen-bond donors (Lipinski definition) is 1. The highest BCUT2D eigenvalue weighted by atomic mass is 32.1. The van der Waals surface area contributed by atoms with Crippen molar-refractivity contribution in [3.8, 4) is 5.82 Å². The number of amides is 1. The summed E-state index contributed by atoms with van der Waals surface area (Å²) in [6, 6.07) is 3.95. The number of rotatable bonds is 4. The van der Waals surface area contributed by atoms with Gasteiger partial charge in [0.05, 0.1) is 11.6 Å². The number of nitrogens with one attached hydrogen (secondary N) is 1. The molecule has 3 aromatic heterocycles. The number of aryl methyl sites for hydroxylation is 2. The average molecular weight is 383 g/mol. The summed E-state index contributed by atoms with van der Waals surface area (Å²) in [4.78, 5) is 27.6. The van der Waals surface area contributed by atoms with E-state index in [1.807, 2.05) is 36.0 Å². The summed E-state index contributed by atoms with van der Waals surface area (Å²) in [7, 11) is 0. The van der Waals surface area contributed by atoms with E-state index >= 15 is 0 Å². The number of piperidine rings is 1. The summed E-state index contributed by atoms with van der Waals surface area (Å²) in [5, 5.41) is 9.89. The monoisotopic (exact) mass is 383 g/mol. The van der Waals surface area contributed by atoms with E-state index in [0.29, 0.717) is 11.7 Å². The van der Waals surface area contributed by atoms with Crippen LogP contribution in [-0.4, -0.2) is 43.7 Å². The quantitative estimate of drug-likeness (QED) is 0.745. The van der Waals surface area contributed by atoms with Gasteiger partial charge in [-0.2, -0.15) is 5.10 Å². The maximum absolute atomic E-state index is 12.6. The first-order valence-electron chi connectivity index (χ1n) is 8.91. The van der Waals surface area contributed by atoms with Crippen LogP contribution in [0.15, 0.2) is 30.0 Å². The van der Waals surface area contributed by atoms with Crippen LogP contribution < -0.4 is 10.2 Å². The molecule has 0 aromatic carbocycles. The van der Waals surface area contributed by atoms with E-state index in [-0.39, 0.29) is 11.8 Å². The van der Waals surface area contributed by atoms with Gasteiger partial charge in [0.25, 0.3) is 0 Å². The molecule has 1 amide bonds. The predicted molar refractivity (Wildman–Crippen MR) is 104 cm³/mol. The van der Waals surface area contributed by atoms with Crippen LogP contribution in [0.5, 0.6) is 0 Å². The van der Waals surface area contributed by atoms with E-state index in [0.717, 1.165) is 42.4 Å². The molecule has 0 saturated carbocycles. The minimum atomic E-state index is -0.0882. The molecule has 140 valence electrons. The maximum Gasteiger partial charge on any atom is 0.231 e. The highest BCUT2D eigenvalue weighted by Gasteiger charge is 2.27. The van der Waals surface area contributed by atoms with Crippen LogP contribution >= 0.6 is 11.3 Å². The Morgan fingerprint density at radius 1 is 1.22 bits per heavy atom. The summed E-state index contributed by atoms with van der Waals surface area (Å²) < 4.78 is 1.82. The lowest BCUT2D eigenvalue weighted by molar-refractivity contribution is -0.120. The lowest BCUT2D eigenvalue weighted by Crippen LogP contribution is -2.41. The minimum absolute atomic E-state index is 0.0162. The van der Waals surface area contributed by atoms with Gasteiger partial charge in [-0.1, -0.05) is 0 Å². The van der Waals surface area contributed by atoms with Gasteiger partial charge in [-0.25, -0.2) is 19.6 Å². The Bertz CT molecular complexity index is 937. The Morgan fingerprint density at radius 2 is 2.07 bits per heavy atom. The van der Waals surface area contributed by atoms with Gasteiger partial charge >= 0.3 is 0 Å². The molecule has 0 unspecified atom stereocenters. The van der Waals surface area contributed by atoms with Crippen molar-refractivity contribution in [2.45, 2.75) is 26.7 Å². The van der Waals surface area contributed by atoms with Crippen LogP contribution in [0, 0.1) is 19.8 Å². The topological polar surface area (TPSA) is 88.8 Å². The number of nitrogens with zero attached hydrogens (tertiary/aromatic N) is 6. The van der Waals surface area contributed by atoms with Crippen LogP contribution in [0.25, 0.3) is 5.82 Å². The fraction of sp³-hybridized carbons (Fsp3) is 0.389. The summed E-state index contributed by atoms with van der Waals surface area (Å²) in [5.74, 6) is 1.48. The Hall–Kier alpha value is -2.81. The van der Waals surface area contributed by atoms with Crippen molar-refractivity contribution in [2.75, 3.05) is 23.3 Å². The minimum Gasteiger partial charge on any atom is -0.356 e. The molecule has 4 rings (SSSR count). The fourth-order valence-electron chi connectivity index (χ4n) is 3.38. The van der Waals surface area contributed by atoms with Crippen LogP contribution in [0.2, 0.25) is 0 Å². The number of hydrogen-bond acceptors (Lipinski definition) is 7. The second kappa shape index (κ2) is 7.43. The molecule has 1 aliphatic heterocycles. The zero-order valence-electron chi connectivity index (χ0n) is 15.3. The Morgan fingerprint density at radius 3 is 2.81 bits per heavy atom. The maximum atomic E-state index is 12.6. The van der Waals surface area contributed by atoms with Crippen molar-refractivity contribution in [1.29, 1.82) is 0 Å². The molecule has 4 heterocycles. The fourth-order valence-corrected chi connectivity index (χ4v) is 3.91. The molecule has 0 radical (unpaired) electrons. The van der Waals surface area contributed by atoms with E-state index in [1.165, 1.54) is 11.3 Å². The number of carbonyl (C=O) groups is 1. The second-order valence-electron chi connectivity index (χ2n) is 6.68. The molecule has 1 saturated heterocycles. The molecule has 1 fully saturated rings. The van der Waals surface area contributed by atoms with Crippen LogP contribution in [0.4, 0.5) is 10.9 Å². The van der Waals surface area contributed by atoms with Crippen molar-refractivity contribution < 1.29 is 4.79 Å². The third-order valence-corrected chi connectivity index (χ3v) is 5.33. The third kappa shape index (κ3) is 3.82. The third-order valence-electron chi connectivity index (χ3n) is 4.64. The van der Waals surface area contributed by atoms with Crippen molar-refractivity contribution in [2.24, 2.45) is 5.92 Å². The number of aromatic nitrogens is 5. The molecule has 0 bridgehead atoms.